The van der Waals surface area contributed by atoms with E-state index in [0.29, 0.717) is 13.2 Å². The average Bonchev–Trinajstić information content (AvgIpc) is 2.24. The van der Waals surface area contributed by atoms with Crippen LogP contribution in [0.5, 0.6) is 0 Å². The summed E-state index contributed by atoms with van der Waals surface area (Å²) in [5.74, 6) is 0. The number of nitrogens with two attached hydrogens (primary N) is 2. The van der Waals surface area contributed by atoms with Gasteiger partial charge in [0.2, 0.25) is 0 Å². The quantitative estimate of drug-likeness (QED) is 0.332. The van der Waals surface area contributed by atoms with Crippen molar-refractivity contribution in [1.29, 1.82) is 0 Å². The van der Waals surface area contributed by atoms with Crippen LogP contribution in [0.15, 0.2) is 0 Å². The van der Waals surface area contributed by atoms with Crippen molar-refractivity contribution in [3.8, 4) is 0 Å². The minimum atomic E-state index is -0.298. The van der Waals surface area contributed by atoms with Gasteiger partial charge in [0, 0.05) is 19.9 Å². The summed E-state index contributed by atoms with van der Waals surface area (Å²) in [7, 11) is 0. The van der Waals surface area contributed by atoms with E-state index in [0.717, 1.165) is 8.86 Å². The lowest BCUT2D eigenvalue weighted by Gasteiger charge is -2.27. The van der Waals surface area contributed by atoms with Crippen LogP contribution in [0, 0.1) is 0 Å². The highest BCUT2D eigenvalue weighted by Crippen LogP contribution is 2.10. The molecule has 16 heavy (non-hydrogen) atoms. The van der Waals surface area contributed by atoms with E-state index in [9.17, 15) is 0 Å². The molecule has 0 aliphatic heterocycles. The van der Waals surface area contributed by atoms with E-state index in [1.54, 1.807) is 0 Å². The Kier molecular flexibility index (Phi) is 8.30. The first-order valence-corrected chi connectivity index (χ1v) is 8.20. The Morgan fingerprint density at radius 2 is 1.31 bits per heavy atom. The van der Waals surface area contributed by atoms with Crippen molar-refractivity contribution in [2.45, 2.75) is 38.1 Å². The lowest BCUT2D eigenvalue weighted by molar-refractivity contribution is -0.145. The van der Waals surface area contributed by atoms with Crippen LogP contribution in [-0.4, -0.2) is 39.4 Å². The van der Waals surface area contributed by atoms with Crippen molar-refractivity contribution in [2.24, 2.45) is 11.5 Å². The van der Waals surface area contributed by atoms with Crippen LogP contribution < -0.4 is 11.5 Å². The number of rotatable bonds is 8. The zero-order chi connectivity index (χ0) is 12.8. The summed E-state index contributed by atoms with van der Waals surface area (Å²) in [5.41, 5.74) is 11.3. The normalized spacial score (nSPS) is 21.2. The molecule has 6 heteroatoms. The second-order valence-corrected chi connectivity index (χ2v) is 6.29. The summed E-state index contributed by atoms with van der Waals surface area (Å²) >= 11 is 4.50. The standard InChI is InChI=1S/C10H22I2N2O2/c1-8(15-6-9(2,13)4-11)16-7-10(3,14)5-12/h8H,4-7,13-14H2,1-3H3. The molecule has 0 fully saturated rings. The third kappa shape index (κ3) is 8.40. The molecule has 0 aromatic carbocycles. The van der Waals surface area contributed by atoms with Gasteiger partial charge >= 0.3 is 0 Å². The van der Waals surface area contributed by atoms with Crippen LogP contribution in [0.1, 0.15) is 20.8 Å². The third-order valence-electron chi connectivity index (χ3n) is 1.91. The molecule has 0 aliphatic carbocycles. The highest BCUT2D eigenvalue weighted by atomic mass is 127. The summed E-state index contributed by atoms with van der Waals surface area (Å²) in [6.07, 6.45) is -0.267. The predicted molar refractivity (Wildman–Crippen MR) is 84.3 cm³/mol. The number of alkyl halides is 2. The molecule has 4 nitrogen and oxygen atoms in total. The highest BCUT2D eigenvalue weighted by Gasteiger charge is 2.21. The molecule has 0 aromatic heterocycles. The lowest BCUT2D eigenvalue weighted by atomic mass is 10.1. The third-order valence-corrected chi connectivity index (χ3v) is 5.39. The molecule has 4 N–H and O–H groups in total. The average molecular weight is 456 g/mol. The largest absolute Gasteiger partial charge is 0.351 e. The van der Waals surface area contributed by atoms with Crippen LogP contribution in [0.4, 0.5) is 0 Å². The van der Waals surface area contributed by atoms with Crippen LogP contribution in [-0.2, 0) is 9.47 Å². The maximum absolute atomic E-state index is 5.96. The maximum Gasteiger partial charge on any atom is 0.154 e. The van der Waals surface area contributed by atoms with Gasteiger partial charge in [0.15, 0.2) is 6.29 Å². The Bertz CT molecular complexity index is 181. The van der Waals surface area contributed by atoms with Crippen molar-refractivity contribution < 1.29 is 9.47 Å². The van der Waals surface area contributed by atoms with Gasteiger partial charge in [0.1, 0.15) is 0 Å². The molecule has 98 valence electrons. The fourth-order valence-electron chi connectivity index (χ4n) is 0.741. The van der Waals surface area contributed by atoms with Gasteiger partial charge in [-0.1, -0.05) is 45.2 Å². The van der Waals surface area contributed by atoms with Gasteiger partial charge in [0.05, 0.1) is 13.2 Å². The maximum atomic E-state index is 5.96. The zero-order valence-corrected chi connectivity index (χ0v) is 14.4. The molecule has 0 saturated heterocycles. The Labute approximate surface area is 125 Å². The van der Waals surface area contributed by atoms with Crippen LogP contribution in [0.2, 0.25) is 0 Å². The van der Waals surface area contributed by atoms with Crippen molar-refractivity contribution in [3.63, 3.8) is 0 Å². The fraction of sp³-hybridized carbons (Fsp3) is 1.00. The Morgan fingerprint density at radius 1 is 1.00 bits per heavy atom. The first kappa shape index (κ1) is 17.3. The molecule has 2 unspecified atom stereocenters. The second-order valence-electron chi connectivity index (χ2n) is 4.76. The van der Waals surface area contributed by atoms with E-state index in [4.69, 9.17) is 20.9 Å². The summed E-state index contributed by atoms with van der Waals surface area (Å²) in [5, 5.41) is 0. The molecule has 0 radical (unpaired) electrons. The Hall–Kier alpha value is 1.30. The second kappa shape index (κ2) is 7.67. The number of ether oxygens (including phenoxy) is 2. The highest BCUT2D eigenvalue weighted by molar-refractivity contribution is 14.1. The van der Waals surface area contributed by atoms with Crippen LogP contribution in [0.3, 0.4) is 0 Å². The van der Waals surface area contributed by atoms with Crippen molar-refractivity contribution in [2.75, 3.05) is 22.1 Å². The molecular weight excluding hydrogens is 434 g/mol. The minimum Gasteiger partial charge on any atom is -0.351 e. The van der Waals surface area contributed by atoms with E-state index >= 15 is 0 Å². The molecule has 0 amide bonds. The van der Waals surface area contributed by atoms with E-state index < -0.39 is 0 Å². The molecule has 0 aliphatic rings. The number of hydrogen-bond donors (Lipinski definition) is 2. The van der Waals surface area contributed by atoms with Crippen LogP contribution >= 0.6 is 45.2 Å². The predicted octanol–water partition coefficient (Wildman–Crippen LogP) is 1.67. The lowest BCUT2D eigenvalue weighted by Crippen LogP contribution is -2.46. The van der Waals surface area contributed by atoms with Gasteiger partial charge < -0.3 is 20.9 Å². The molecule has 0 heterocycles. The summed E-state index contributed by atoms with van der Waals surface area (Å²) in [6, 6.07) is 0. The topological polar surface area (TPSA) is 70.5 Å². The van der Waals surface area contributed by atoms with Gasteiger partial charge in [-0.05, 0) is 20.8 Å². The van der Waals surface area contributed by atoms with Gasteiger partial charge in [-0.2, -0.15) is 0 Å². The first-order valence-electron chi connectivity index (χ1n) is 5.15. The zero-order valence-electron chi connectivity index (χ0n) is 10.1. The van der Waals surface area contributed by atoms with Crippen molar-refractivity contribution in [3.05, 3.63) is 0 Å². The van der Waals surface area contributed by atoms with E-state index in [1.807, 2.05) is 20.8 Å². The van der Waals surface area contributed by atoms with E-state index in [-0.39, 0.29) is 17.4 Å². The molecule has 0 saturated carbocycles. The van der Waals surface area contributed by atoms with Gasteiger partial charge in [0.25, 0.3) is 0 Å². The summed E-state index contributed by atoms with van der Waals surface area (Å²) in [6.45, 7) is 6.77. The number of hydrogen-bond acceptors (Lipinski definition) is 4. The minimum absolute atomic E-state index is 0.267. The molecule has 0 spiro atoms. The molecular formula is C10H22I2N2O2. The molecule has 0 aromatic rings. The van der Waals surface area contributed by atoms with Crippen molar-refractivity contribution in [1.82, 2.24) is 0 Å². The monoisotopic (exact) mass is 456 g/mol. The van der Waals surface area contributed by atoms with Gasteiger partial charge in [-0.15, -0.1) is 0 Å². The summed E-state index contributed by atoms with van der Waals surface area (Å²) in [4.78, 5) is 0. The number of halogens is 2. The SMILES string of the molecule is CC(OCC(C)(N)CI)OCC(C)(N)CI. The van der Waals surface area contributed by atoms with Gasteiger partial charge in [-0.25, -0.2) is 0 Å². The molecule has 0 bridgehead atoms. The molecule has 2 atom stereocenters. The molecule has 0 rings (SSSR count). The van der Waals surface area contributed by atoms with Crippen molar-refractivity contribution >= 4 is 45.2 Å². The van der Waals surface area contributed by atoms with E-state index in [1.165, 1.54) is 0 Å². The van der Waals surface area contributed by atoms with Crippen LogP contribution in [0.25, 0.3) is 0 Å². The smallest absolute Gasteiger partial charge is 0.154 e. The fourth-order valence-corrected chi connectivity index (χ4v) is 1.18. The summed E-state index contributed by atoms with van der Waals surface area (Å²) < 4.78 is 12.7. The van der Waals surface area contributed by atoms with Gasteiger partial charge in [-0.3, -0.25) is 0 Å². The Morgan fingerprint density at radius 3 is 1.56 bits per heavy atom. The first-order chi connectivity index (χ1) is 7.22. The Balaban J connectivity index is 3.79. The van der Waals surface area contributed by atoms with E-state index in [2.05, 4.69) is 45.2 Å².